The summed E-state index contributed by atoms with van der Waals surface area (Å²) in [6.07, 6.45) is 5.37. The van der Waals surface area contributed by atoms with Crippen LogP contribution in [0.2, 0.25) is 0 Å². The molecule has 22 heavy (non-hydrogen) atoms. The van der Waals surface area contributed by atoms with Crippen LogP contribution in [0.25, 0.3) is 11.1 Å². The maximum atomic E-state index is 3.82. The Bertz CT molecular complexity index is 642. The van der Waals surface area contributed by atoms with Gasteiger partial charge in [0.25, 0.3) is 0 Å². The Morgan fingerprint density at radius 2 is 1.77 bits per heavy atom. The van der Waals surface area contributed by atoms with Crippen molar-refractivity contribution in [2.24, 2.45) is 11.3 Å². The molecule has 4 rings (SSSR count). The quantitative estimate of drug-likeness (QED) is 0.863. The van der Waals surface area contributed by atoms with Crippen molar-refractivity contribution in [3.8, 4) is 11.1 Å². The molecule has 2 unspecified atom stereocenters. The van der Waals surface area contributed by atoms with Gasteiger partial charge in [-0.25, -0.2) is 0 Å². The fraction of sp³-hybridized carbons (Fsp3) is 0.429. The summed E-state index contributed by atoms with van der Waals surface area (Å²) in [5, 5.41) is 3.82. The number of rotatable bonds is 4. The fourth-order valence-electron chi connectivity index (χ4n) is 4.44. The van der Waals surface area contributed by atoms with Crippen molar-refractivity contribution >= 4 is 0 Å². The first kappa shape index (κ1) is 14.0. The molecule has 1 aliphatic carbocycles. The van der Waals surface area contributed by atoms with E-state index in [9.17, 15) is 0 Å². The normalized spacial score (nSPS) is 25.5. The second-order valence-corrected chi connectivity index (χ2v) is 7.14. The zero-order chi connectivity index (χ0) is 15.0. The van der Waals surface area contributed by atoms with Gasteiger partial charge in [0, 0.05) is 12.6 Å². The minimum absolute atomic E-state index is 0.663. The van der Waals surface area contributed by atoms with Crippen molar-refractivity contribution in [2.75, 3.05) is 6.54 Å². The van der Waals surface area contributed by atoms with Crippen LogP contribution < -0.4 is 5.32 Å². The summed E-state index contributed by atoms with van der Waals surface area (Å²) in [5.41, 5.74) is 4.78. The van der Waals surface area contributed by atoms with Crippen LogP contribution in [-0.2, 0) is 6.42 Å². The monoisotopic (exact) mass is 291 g/mol. The molecule has 1 saturated carbocycles. The summed E-state index contributed by atoms with van der Waals surface area (Å²) in [6.45, 7) is 3.61. The van der Waals surface area contributed by atoms with Crippen molar-refractivity contribution in [3.05, 3.63) is 60.2 Å². The second-order valence-electron chi connectivity index (χ2n) is 7.14. The van der Waals surface area contributed by atoms with Crippen LogP contribution in [0.1, 0.15) is 31.7 Å². The third kappa shape index (κ3) is 2.48. The van der Waals surface area contributed by atoms with Crippen LogP contribution in [-0.4, -0.2) is 12.6 Å². The van der Waals surface area contributed by atoms with Crippen LogP contribution in [0.4, 0.5) is 0 Å². The number of hydrogen-bond acceptors (Lipinski definition) is 1. The Labute approximate surface area is 133 Å². The predicted molar refractivity (Wildman–Crippen MR) is 92.8 cm³/mol. The van der Waals surface area contributed by atoms with Crippen molar-refractivity contribution in [2.45, 2.75) is 38.6 Å². The molecule has 2 aliphatic rings. The molecule has 1 heteroatoms. The third-order valence-corrected chi connectivity index (χ3v) is 5.81. The van der Waals surface area contributed by atoms with E-state index in [0.29, 0.717) is 11.5 Å². The van der Waals surface area contributed by atoms with E-state index < -0.39 is 0 Å². The highest BCUT2D eigenvalue weighted by molar-refractivity contribution is 5.63. The molecule has 2 atom stereocenters. The zero-order valence-electron chi connectivity index (χ0n) is 13.4. The second kappa shape index (κ2) is 5.55. The molecule has 0 bridgehead atoms. The molecule has 114 valence electrons. The van der Waals surface area contributed by atoms with Crippen LogP contribution in [0.5, 0.6) is 0 Å². The smallest absolute Gasteiger partial charge is 0.0142 e. The number of benzene rings is 2. The van der Waals surface area contributed by atoms with Gasteiger partial charge in [-0.2, -0.15) is 0 Å². The molecule has 1 aliphatic heterocycles. The van der Waals surface area contributed by atoms with Crippen LogP contribution in [0.3, 0.4) is 0 Å². The molecule has 1 N–H and O–H groups in total. The fourth-order valence-corrected chi connectivity index (χ4v) is 4.44. The van der Waals surface area contributed by atoms with E-state index in [0.717, 1.165) is 5.92 Å². The molecule has 0 aromatic heterocycles. The van der Waals surface area contributed by atoms with Gasteiger partial charge in [0.05, 0.1) is 0 Å². The van der Waals surface area contributed by atoms with Gasteiger partial charge in [0.2, 0.25) is 0 Å². The van der Waals surface area contributed by atoms with Gasteiger partial charge in [-0.15, -0.1) is 0 Å². The largest absolute Gasteiger partial charge is 0.313 e. The lowest BCUT2D eigenvalue weighted by atomic mass is 9.83. The van der Waals surface area contributed by atoms with Gasteiger partial charge >= 0.3 is 0 Å². The van der Waals surface area contributed by atoms with Crippen molar-refractivity contribution in [3.63, 3.8) is 0 Å². The number of hydrogen-bond donors (Lipinski definition) is 1. The standard InChI is InChI=1S/C21H25N/c1-2-19-20(22-15-21(19)11-12-21)14-16-7-6-10-18(13-16)17-8-4-3-5-9-17/h3-10,13,19-20,22H,2,11-12,14-15H2,1H3. The molecular weight excluding hydrogens is 266 g/mol. The summed E-state index contributed by atoms with van der Waals surface area (Å²) in [6, 6.07) is 20.5. The summed E-state index contributed by atoms with van der Waals surface area (Å²) >= 11 is 0. The van der Waals surface area contributed by atoms with Gasteiger partial charge in [-0.1, -0.05) is 67.9 Å². The number of nitrogens with one attached hydrogen (secondary N) is 1. The van der Waals surface area contributed by atoms with E-state index >= 15 is 0 Å². The molecular formula is C21H25N. The third-order valence-electron chi connectivity index (χ3n) is 5.81. The van der Waals surface area contributed by atoms with E-state index in [4.69, 9.17) is 0 Å². The average molecular weight is 291 g/mol. The van der Waals surface area contributed by atoms with Crippen LogP contribution in [0.15, 0.2) is 54.6 Å². The first-order chi connectivity index (χ1) is 10.8. The van der Waals surface area contributed by atoms with E-state index in [1.54, 1.807) is 0 Å². The maximum Gasteiger partial charge on any atom is 0.0142 e. The summed E-state index contributed by atoms with van der Waals surface area (Å²) in [5.74, 6) is 0.868. The van der Waals surface area contributed by atoms with Gasteiger partial charge in [0.1, 0.15) is 0 Å². The Kier molecular flexibility index (Phi) is 3.54. The van der Waals surface area contributed by atoms with Crippen molar-refractivity contribution in [1.82, 2.24) is 5.32 Å². The molecule has 0 amide bonds. The predicted octanol–water partition coefficient (Wildman–Crippen LogP) is 4.67. The topological polar surface area (TPSA) is 12.0 Å². The molecule has 0 radical (unpaired) electrons. The SMILES string of the molecule is CCC1C(Cc2cccc(-c3ccccc3)c2)NCC12CC2. The molecule has 2 aromatic carbocycles. The molecule has 1 saturated heterocycles. The molecule has 1 nitrogen and oxygen atoms in total. The molecule has 1 heterocycles. The van der Waals surface area contributed by atoms with E-state index in [2.05, 4.69) is 66.8 Å². The Morgan fingerprint density at radius 3 is 2.50 bits per heavy atom. The Morgan fingerprint density at radius 1 is 1.00 bits per heavy atom. The lowest BCUT2D eigenvalue weighted by Crippen LogP contribution is -2.29. The Balaban J connectivity index is 1.54. The minimum atomic E-state index is 0.663. The highest BCUT2D eigenvalue weighted by Crippen LogP contribution is 2.57. The van der Waals surface area contributed by atoms with Gasteiger partial charge < -0.3 is 5.32 Å². The summed E-state index contributed by atoms with van der Waals surface area (Å²) < 4.78 is 0. The molecule has 1 spiro atoms. The molecule has 2 fully saturated rings. The first-order valence-electron chi connectivity index (χ1n) is 8.68. The lowest BCUT2D eigenvalue weighted by molar-refractivity contribution is 0.331. The molecule has 2 aromatic rings. The van der Waals surface area contributed by atoms with Crippen molar-refractivity contribution in [1.29, 1.82) is 0 Å². The van der Waals surface area contributed by atoms with Gasteiger partial charge in [-0.05, 0) is 47.3 Å². The van der Waals surface area contributed by atoms with E-state index in [1.807, 2.05) is 0 Å². The highest BCUT2D eigenvalue weighted by Gasteiger charge is 2.54. The van der Waals surface area contributed by atoms with Gasteiger partial charge in [0.15, 0.2) is 0 Å². The zero-order valence-corrected chi connectivity index (χ0v) is 13.4. The maximum absolute atomic E-state index is 3.82. The average Bonchev–Trinajstić information content (AvgIpc) is 3.26. The highest BCUT2D eigenvalue weighted by atomic mass is 15.0. The minimum Gasteiger partial charge on any atom is -0.313 e. The van der Waals surface area contributed by atoms with Crippen LogP contribution >= 0.6 is 0 Å². The van der Waals surface area contributed by atoms with E-state index in [1.165, 1.54) is 48.9 Å². The summed E-state index contributed by atoms with van der Waals surface area (Å²) in [4.78, 5) is 0. The van der Waals surface area contributed by atoms with Crippen LogP contribution in [0, 0.1) is 11.3 Å². The van der Waals surface area contributed by atoms with E-state index in [-0.39, 0.29) is 0 Å². The lowest BCUT2D eigenvalue weighted by Gasteiger charge is -2.22. The summed E-state index contributed by atoms with van der Waals surface area (Å²) in [7, 11) is 0. The van der Waals surface area contributed by atoms with Crippen molar-refractivity contribution < 1.29 is 0 Å². The van der Waals surface area contributed by atoms with Gasteiger partial charge in [-0.3, -0.25) is 0 Å². The first-order valence-corrected chi connectivity index (χ1v) is 8.68. The Hall–Kier alpha value is -1.60.